The molecule has 0 aromatic heterocycles. The van der Waals surface area contributed by atoms with Crippen LogP contribution in [0.2, 0.25) is 0 Å². The molecule has 9 heteroatoms. The molecule has 0 aliphatic carbocycles. The molecule has 0 saturated heterocycles. The number of phosphoric acid groups is 1. The van der Waals surface area contributed by atoms with Crippen LogP contribution in [0.15, 0.2) is 12.2 Å². The first-order chi connectivity index (χ1) is 25.4. The number of hydrogen-bond acceptors (Lipinski definition) is 6. The minimum atomic E-state index is -4.33. The number of allylic oxidation sites excluding steroid dienone is 1. The highest BCUT2D eigenvalue weighted by molar-refractivity contribution is 7.47. The van der Waals surface area contributed by atoms with Crippen LogP contribution in [0.3, 0.4) is 0 Å². The Bertz CT molecular complexity index is 829. The molecule has 0 rings (SSSR count). The molecule has 8 nitrogen and oxygen atoms in total. The number of amides is 1. The van der Waals surface area contributed by atoms with Crippen LogP contribution in [-0.2, 0) is 18.4 Å². The van der Waals surface area contributed by atoms with E-state index in [9.17, 15) is 19.4 Å². The molecule has 0 radical (unpaired) electrons. The third-order valence-corrected chi connectivity index (χ3v) is 11.1. The summed E-state index contributed by atoms with van der Waals surface area (Å²) in [7, 11) is -4.33. The molecule has 52 heavy (non-hydrogen) atoms. The van der Waals surface area contributed by atoms with Gasteiger partial charge in [-0.2, -0.15) is 0 Å². The summed E-state index contributed by atoms with van der Waals surface area (Å²) in [6.45, 7) is 4.16. The van der Waals surface area contributed by atoms with Crippen molar-refractivity contribution in [2.45, 2.75) is 238 Å². The highest BCUT2D eigenvalue weighted by Crippen LogP contribution is 2.43. The molecule has 3 atom stereocenters. The highest BCUT2D eigenvalue weighted by atomic mass is 31.2. The summed E-state index contributed by atoms with van der Waals surface area (Å²) in [6.07, 6.45) is 44.0. The van der Waals surface area contributed by atoms with Gasteiger partial charge in [0.15, 0.2) is 0 Å². The number of hydrogen-bond donors (Lipinski definition) is 4. The lowest BCUT2D eigenvalue weighted by Gasteiger charge is -2.23. The first-order valence-electron chi connectivity index (χ1n) is 22.3. The Morgan fingerprint density at radius 2 is 0.981 bits per heavy atom. The van der Waals surface area contributed by atoms with Crippen LogP contribution in [0, 0.1) is 0 Å². The molecule has 0 aliphatic heterocycles. The molecule has 5 N–H and O–H groups in total. The zero-order valence-electron chi connectivity index (χ0n) is 34.3. The largest absolute Gasteiger partial charge is 0.472 e. The minimum Gasteiger partial charge on any atom is -0.387 e. The molecule has 310 valence electrons. The quantitative estimate of drug-likeness (QED) is 0.0277. The maximum absolute atomic E-state index is 12.8. The van der Waals surface area contributed by atoms with Crippen molar-refractivity contribution >= 4 is 13.7 Å². The van der Waals surface area contributed by atoms with E-state index in [1.165, 1.54) is 167 Å². The molecule has 0 heterocycles. The minimum absolute atomic E-state index is 0.0814. The van der Waals surface area contributed by atoms with E-state index in [0.717, 1.165) is 38.5 Å². The van der Waals surface area contributed by atoms with Gasteiger partial charge in [0, 0.05) is 13.0 Å². The number of nitrogens with one attached hydrogen (secondary N) is 1. The predicted octanol–water partition coefficient (Wildman–Crippen LogP) is 12.4. The number of carbonyl (C=O) groups excluding carboxylic acids is 1. The van der Waals surface area contributed by atoms with Crippen LogP contribution in [0.5, 0.6) is 0 Å². The van der Waals surface area contributed by atoms with Gasteiger partial charge in [0.2, 0.25) is 5.91 Å². The topological polar surface area (TPSA) is 131 Å². The van der Waals surface area contributed by atoms with E-state index in [4.69, 9.17) is 14.8 Å². The Labute approximate surface area is 322 Å². The summed E-state index contributed by atoms with van der Waals surface area (Å²) >= 11 is 0. The number of nitrogens with two attached hydrogens (primary N) is 1. The van der Waals surface area contributed by atoms with Crippen molar-refractivity contribution in [2.75, 3.05) is 19.8 Å². The van der Waals surface area contributed by atoms with E-state index in [0.29, 0.717) is 6.42 Å². The summed E-state index contributed by atoms with van der Waals surface area (Å²) in [6, 6.07) is -0.854. The molecule has 0 spiro atoms. The number of unbranched alkanes of at least 4 members (excludes halogenated alkanes) is 30. The van der Waals surface area contributed by atoms with Crippen LogP contribution in [-0.4, -0.2) is 47.8 Å². The third-order valence-electron chi connectivity index (χ3n) is 10.1. The van der Waals surface area contributed by atoms with Crippen LogP contribution in [0.4, 0.5) is 0 Å². The molecule has 0 fully saturated rings. The zero-order valence-corrected chi connectivity index (χ0v) is 35.2. The van der Waals surface area contributed by atoms with Crippen LogP contribution in [0.25, 0.3) is 0 Å². The van der Waals surface area contributed by atoms with E-state index in [2.05, 4.69) is 19.2 Å². The molecule has 0 aromatic rings. The van der Waals surface area contributed by atoms with Crippen LogP contribution >= 0.6 is 7.82 Å². The van der Waals surface area contributed by atoms with Crippen molar-refractivity contribution in [2.24, 2.45) is 5.73 Å². The van der Waals surface area contributed by atoms with Crippen molar-refractivity contribution in [3.8, 4) is 0 Å². The highest BCUT2D eigenvalue weighted by Gasteiger charge is 2.26. The fourth-order valence-electron chi connectivity index (χ4n) is 6.72. The zero-order chi connectivity index (χ0) is 38.2. The van der Waals surface area contributed by atoms with E-state index >= 15 is 0 Å². The van der Waals surface area contributed by atoms with Gasteiger partial charge < -0.3 is 21.1 Å². The maximum atomic E-state index is 12.8. The van der Waals surface area contributed by atoms with Crippen molar-refractivity contribution < 1.29 is 28.4 Å². The Morgan fingerprint density at radius 1 is 0.615 bits per heavy atom. The summed E-state index contributed by atoms with van der Waals surface area (Å²) in [5, 5.41) is 13.7. The Morgan fingerprint density at radius 3 is 1.37 bits per heavy atom. The molecule has 1 unspecified atom stereocenters. The van der Waals surface area contributed by atoms with E-state index < -0.39 is 20.0 Å². The van der Waals surface area contributed by atoms with Gasteiger partial charge in [-0.3, -0.25) is 13.8 Å². The van der Waals surface area contributed by atoms with Gasteiger partial charge in [-0.1, -0.05) is 212 Å². The van der Waals surface area contributed by atoms with Crippen molar-refractivity contribution in [3.05, 3.63) is 12.2 Å². The lowest BCUT2D eigenvalue weighted by Crippen LogP contribution is -2.45. The summed E-state index contributed by atoms with van der Waals surface area (Å²) in [5.41, 5.74) is 5.37. The predicted molar refractivity (Wildman–Crippen MR) is 222 cm³/mol. The van der Waals surface area contributed by atoms with E-state index in [1.54, 1.807) is 6.08 Å². The average Bonchev–Trinajstić information content (AvgIpc) is 3.13. The van der Waals surface area contributed by atoms with E-state index in [1.807, 2.05) is 6.08 Å². The summed E-state index contributed by atoms with van der Waals surface area (Å²) in [4.78, 5) is 22.7. The van der Waals surface area contributed by atoms with Crippen LogP contribution in [0.1, 0.15) is 226 Å². The Balaban J connectivity index is 4.17. The van der Waals surface area contributed by atoms with Gasteiger partial charge in [0.1, 0.15) is 0 Å². The van der Waals surface area contributed by atoms with Crippen LogP contribution < -0.4 is 11.1 Å². The SMILES string of the molecule is CCCCCCCCCCCCCCCC/C=C/[C@@H](O)[C@H](COP(=O)(O)OCCN)NC(=O)CCCCCCCCCCCCCCCCCCC. The summed E-state index contributed by atoms with van der Waals surface area (Å²) in [5.74, 6) is -0.190. The lowest BCUT2D eigenvalue weighted by atomic mass is 10.0. The second-order valence-corrected chi connectivity index (χ2v) is 16.7. The third kappa shape index (κ3) is 37.6. The molecular formula is C43H87N2O6P. The Hall–Kier alpha value is -0.760. The fourth-order valence-corrected chi connectivity index (χ4v) is 7.48. The molecular weight excluding hydrogens is 671 g/mol. The monoisotopic (exact) mass is 759 g/mol. The first-order valence-corrected chi connectivity index (χ1v) is 23.8. The van der Waals surface area contributed by atoms with E-state index in [-0.39, 0.29) is 25.7 Å². The van der Waals surface area contributed by atoms with Gasteiger partial charge >= 0.3 is 7.82 Å². The van der Waals surface area contributed by atoms with Crippen molar-refractivity contribution in [1.82, 2.24) is 5.32 Å². The lowest BCUT2D eigenvalue weighted by molar-refractivity contribution is -0.123. The second-order valence-electron chi connectivity index (χ2n) is 15.3. The number of rotatable bonds is 42. The fraction of sp³-hybridized carbons (Fsp3) is 0.930. The average molecular weight is 759 g/mol. The van der Waals surface area contributed by atoms with Gasteiger partial charge in [-0.15, -0.1) is 0 Å². The van der Waals surface area contributed by atoms with Gasteiger partial charge in [0.05, 0.1) is 25.4 Å². The first kappa shape index (κ1) is 51.2. The van der Waals surface area contributed by atoms with Crippen molar-refractivity contribution in [1.29, 1.82) is 0 Å². The van der Waals surface area contributed by atoms with Crippen molar-refractivity contribution in [3.63, 3.8) is 0 Å². The maximum Gasteiger partial charge on any atom is 0.472 e. The standard InChI is InChI=1S/C43H87N2O6P/c1-3-5-7-9-11-13-15-17-19-21-23-25-27-29-31-33-35-37-43(47)45-41(40-51-52(48,49)50-39-38-44)42(46)36-34-32-30-28-26-24-22-20-18-16-14-12-10-8-6-4-2/h34,36,41-42,46H,3-33,35,37-40,44H2,1-2H3,(H,45,47)(H,48,49)/b36-34+/t41-,42+/m0/s1. The smallest absolute Gasteiger partial charge is 0.387 e. The second kappa shape index (κ2) is 39.9. The molecule has 1 amide bonds. The van der Waals surface area contributed by atoms with Gasteiger partial charge in [-0.25, -0.2) is 4.57 Å². The molecule has 0 bridgehead atoms. The number of aliphatic hydroxyl groups is 1. The number of carbonyl (C=O) groups is 1. The number of phosphoric ester groups is 1. The summed E-state index contributed by atoms with van der Waals surface area (Å²) < 4.78 is 22.1. The van der Waals surface area contributed by atoms with Gasteiger partial charge in [0.25, 0.3) is 0 Å². The van der Waals surface area contributed by atoms with Gasteiger partial charge in [-0.05, 0) is 19.3 Å². The molecule has 0 aliphatic rings. The molecule has 0 saturated carbocycles. The molecule has 0 aromatic carbocycles. The normalized spacial score (nSPS) is 14.2. The number of aliphatic hydroxyl groups excluding tert-OH is 1. The Kier molecular flexibility index (Phi) is 39.3.